The van der Waals surface area contributed by atoms with Crippen molar-refractivity contribution in [2.45, 2.75) is 39.2 Å². The van der Waals surface area contributed by atoms with Crippen LogP contribution >= 0.6 is 11.3 Å². The number of para-hydroxylation sites is 1. The Bertz CT molecular complexity index is 547. The molecule has 4 nitrogen and oxygen atoms in total. The van der Waals surface area contributed by atoms with Gasteiger partial charge in [-0.05, 0) is 32.4 Å². The highest BCUT2D eigenvalue weighted by Crippen LogP contribution is 2.22. The van der Waals surface area contributed by atoms with Crippen molar-refractivity contribution >= 4 is 27.5 Å². The van der Waals surface area contributed by atoms with Crippen LogP contribution in [-0.2, 0) is 16.0 Å². The predicted octanol–water partition coefficient (Wildman–Crippen LogP) is 3.16. The Morgan fingerprint density at radius 3 is 2.95 bits per heavy atom. The maximum absolute atomic E-state index is 11.8. The van der Waals surface area contributed by atoms with Crippen LogP contribution in [0.4, 0.5) is 0 Å². The highest BCUT2D eigenvalue weighted by atomic mass is 32.1. The first-order valence-corrected chi connectivity index (χ1v) is 8.19. The van der Waals surface area contributed by atoms with Crippen LogP contribution in [0.2, 0.25) is 0 Å². The predicted molar refractivity (Wildman–Crippen MR) is 86.7 cm³/mol. The molecule has 1 amide bonds. The lowest BCUT2D eigenvalue weighted by Crippen LogP contribution is -2.25. The molecule has 0 aliphatic heterocycles. The number of fused-ring (bicyclic) bond motifs is 1. The van der Waals surface area contributed by atoms with Crippen LogP contribution in [0.1, 0.15) is 31.7 Å². The van der Waals surface area contributed by atoms with Gasteiger partial charge < -0.3 is 10.1 Å². The van der Waals surface area contributed by atoms with Crippen LogP contribution in [0.15, 0.2) is 24.3 Å². The molecular weight excluding hydrogens is 284 g/mol. The molecule has 1 aromatic carbocycles. The summed E-state index contributed by atoms with van der Waals surface area (Å²) in [6, 6.07) is 8.06. The van der Waals surface area contributed by atoms with Gasteiger partial charge in [-0.2, -0.15) is 0 Å². The second-order valence-electron chi connectivity index (χ2n) is 5.20. The third kappa shape index (κ3) is 5.44. The quantitative estimate of drug-likeness (QED) is 0.762. The fraction of sp³-hybridized carbons (Fsp3) is 0.500. The molecule has 0 radical (unpaired) electrons. The van der Waals surface area contributed by atoms with Gasteiger partial charge in [-0.15, -0.1) is 11.3 Å². The summed E-state index contributed by atoms with van der Waals surface area (Å²) in [6.45, 7) is 5.38. The standard InChI is InChI=1S/C16H22N2O2S/c1-12(2)20-11-5-10-17-15(19)8-9-16-18-13-6-3-4-7-14(13)21-16/h3-4,6-7,12H,5,8-11H2,1-2H3,(H,17,19). The van der Waals surface area contributed by atoms with Gasteiger partial charge in [0.25, 0.3) is 0 Å². The van der Waals surface area contributed by atoms with Gasteiger partial charge in [-0.1, -0.05) is 12.1 Å². The Morgan fingerprint density at radius 2 is 2.19 bits per heavy atom. The minimum Gasteiger partial charge on any atom is -0.379 e. The second kappa shape index (κ2) is 8.10. The number of ether oxygens (including phenoxy) is 1. The summed E-state index contributed by atoms with van der Waals surface area (Å²) in [5.74, 6) is 0.0822. The first-order chi connectivity index (χ1) is 10.1. The Kier molecular flexibility index (Phi) is 6.14. The van der Waals surface area contributed by atoms with Gasteiger partial charge in [0.05, 0.1) is 21.3 Å². The first-order valence-electron chi connectivity index (χ1n) is 7.38. The van der Waals surface area contributed by atoms with Gasteiger partial charge in [0.15, 0.2) is 0 Å². The molecule has 0 bridgehead atoms. The average Bonchev–Trinajstić information content (AvgIpc) is 2.87. The van der Waals surface area contributed by atoms with E-state index in [-0.39, 0.29) is 12.0 Å². The summed E-state index contributed by atoms with van der Waals surface area (Å²) in [4.78, 5) is 16.3. The lowest BCUT2D eigenvalue weighted by atomic mass is 10.3. The lowest BCUT2D eigenvalue weighted by molar-refractivity contribution is -0.121. The number of thiazole rings is 1. The topological polar surface area (TPSA) is 51.2 Å². The van der Waals surface area contributed by atoms with Gasteiger partial charge in [-0.25, -0.2) is 4.98 Å². The van der Waals surface area contributed by atoms with Gasteiger partial charge in [-0.3, -0.25) is 4.79 Å². The number of aryl methyl sites for hydroxylation is 1. The minimum atomic E-state index is 0.0822. The zero-order valence-corrected chi connectivity index (χ0v) is 13.4. The molecule has 0 fully saturated rings. The van der Waals surface area contributed by atoms with Crippen molar-refractivity contribution in [2.75, 3.05) is 13.2 Å². The van der Waals surface area contributed by atoms with Gasteiger partial charge in [0.2, 0.25) is 5.91 Å². The van der Waals surface area contributed by atoms with Crippen molar-refractivity contribution in [1.82, 2.24) is 10.3 Å². The molecule has 0 unspecified atom stereocenters. The molecule has 2 rings (SSSR count). The van der Waals surface area contributed by atoms with Crippen molar-refractivity contribution in [2.24, 2.45) is 0 Å². The number of rotatable bonds is 8. The summed E-state index contributed by atoms with van der Waals surface area (Å²) >= 11 is 1.66. The van der Waals surface area contributed by atoms with Crippen LogP contribution < -0.4 is 5.32 Å². The third-order valence-corrected chi connectivity index (χ3v) is 4.09. The molecule has 1 heterocycles. The first kappa shape index (κ1) is 15.9. The normalized spacial score (nSPS) is 11.2. The maximum Gasteiger partial charge on any atom is 0.220 e. The highest BCUT2D eigenvalue weighted by molar-refractivity contribution is 7.18. The van der Waals surface area contributed by atoms with E-state index in [1.54, 1.807) is 11.3 Å². The molecule has 0 atom stereocenters. The molecule has 0 aliphatic rings. The summed E-state index contributed by atoms with van der Waals surface area (Å²) in [5, 5.41) is 3.94. The van der Waals surface area contributed by atoms with Crippen LogP contribution in [0.5, 0.6) is 0 Å². The van der Waals surface area contributed by atoms with Crippen molar-refractivity contribution in [3.8, 4) is 0 Å². The zero-order valence-electron chi connectivity index (χ0n) is 12.6. The fourth-order valence-electron chi connectivity index (χ4n) is 1.95. The van der Waals surface area contributed by atoms with Gasteiger partial charge in [0.1, 0.15) is 0 Å². The molecule has 21 heavy (non-hydrogen) atoms. The van der Waals surface area contributed by atoms with E-state index in [1.807, 2.05) is 32.0 Å². The monoisotopic (exact) mass is 306 g/mol. The van der Waals surface area contributed by atoms with Crippen molar-refractivity contribution in [3.05, 3.63) is 29.3 Å². The molecule has 114 valence electrons. The van der Waals surface area contributed by atoms with Crippen molar-refractivity contribution < 1.29 is 9.53 Å². The number of hydrogen-bond acceptors (Lipinski definition) is 4. The summed E-state index contributed by atoms with van der Waals surface area (Å²) < 4.78 is 6.61. The summed E-state index contributed by atoms with van der Waals surface area (Å²) in [5.41, 5.74) is 1.02. The third-order valence-electron chi connectivity index (χ3n) is 3.00. The lowest BCUT2D eigenvalue weighted by Gasteiger charge is -2.07. The van der Waals surface area contributed by atoms with Crippen molar-refractivity contribution in [1.29, 1.82) is 0 Å². The number of carbonyl (C=O) groups is 1. The van der Waals surface area contributed by atoms with Crippen LogP contribution in [0.3, 0.4) is 0 Å². The molecule has 0 saturated carbocycles. The molecule has 1 N–H and O–H groups in total. The molecular formula is C16H22N2O2S. The van der Waals surface area contributed by atoms with E-state index < -0.39 is 0 Å². The molecule has 2 aromatic rings. The van der Waals surface area contributed by atoms with E-state index in [1.165, 1.54) is 4.70 Å². The molecule has 5 heteroatoms. The average molecular weight is 306 g/mol. The number of carbonyl (C=O) groups excluding carboxylic acids is 1. The van der Waals surface area contributed by atoms with Gasteiger partial charge in [0, 0.05) is 26.0 Å². The second-order valence-corrected chi connectivity index (χ2v) is 6.31. The number of amides is 1. The van der Waals surface area contributed by atoms with Crippen molar-refractivity contribution in [3.63, 3.8) is 0 Å². The number of aromatic nitrogens is 1. The molecule has 0 spiro atoms. The summed E-state index contributed by atoms with van der Waals surface area (Å²) in [7, 11) is 0. The van der Waals surface area contributed by atoms with E-state index in [2.05, 4.69) is 16.4 Å². The minimum absolute atomic E-state index is 0.0822. The number of hydrogen-bond donors (Lipinski definition) is 1. The number of nitrogens with one attached hydrogen (secondary N) is 1. The highest BCUT2D eigenvalue weighted by Gasteiger charge is 2.06. The molecule has 0 saturated heterocycles. The maximum atomic E-state index is 11.8. The Morgan fingerprint density at radius 1 is 1.38 bits per heavy atom. The van der Waals surface area contributed by atoms with Gasteiger partial charge >= 0.3 is 0 Å². The van der Waals surface area contributed by atoms with E-state index >= 15 is 0 Å². The SMILES string of the molecule is CC(C)OCCCNC(=O)CCc1nc2ccccc2s1. The summed E-state index contributed by atoms with van der Waals surface area (Å²) in [6.07, 6.45) is 2.29. The van der Waals surface area contributed by atoms with E-state index in [4.69, 9.17) is 4.74 Å². The Labute approximate surface area is 129 Å². The van der Waals surface area contributed by atoms with Crippen LogP contribution in [0.25, 0.3) is 10.2 Å². The number of nitrogens with zero attached hydrogens (tertiary/aromatic N) is 1. The van der Waals surface area contributed by atoms with E-state index in [9.17, 15) is 4.79 Å². The van der Waals surface area contributed by atoms with Crippen LogP contribution in [0, 0.1) is 0 Å². The van der Waals surface area contributed by atoms with Crippen LogP contribution in [-0.4, -0.2) is 30.1 Å². The molecule has 0 aliphatic carbocycles. The fourth-order valence-corrected chi connectivity index (χ4v) is 2.92. The Hall–Kier alpha value is -1.46. The number of benzene rings is 1. The molecule has 1 aromatic heterocycles. The van der Waals surface area contributed by atoms with E-state index in [0.717, 1.165) is 16.9 Å². The largest absolute Gasteiger partial charge is 0.379 e. The smallest absolute Gasteiger partial charge is 0.220 e. The Balaban J connectivity index is 1.66. The van der Waals surface area contributed by atoms with E-state index in [0.29, 0.717) is 26.0 Å². The zero-order chi connectivity index (χ0) is 15.1.